The van der Waals surface area contributed by atoms with Gasteiger partial charge in [0.15, 0.2) is 6.61 Å². The number of hydrogen-bond acceptors (Lipinski definition) is 5. The Bertz CT molecular complexity index is 1040. The van der Waals surface area contributed by atoms with Gasteiger partial charge in [-0.3, -0.25) is 4.79 Å². The van der Waals surface area contributed by atoms with E-state index in [1.807, 2.05) is 0 Å². The predicted octanol–water partition coefficient (Wildman–Crippen LogP) is 3.90. The average Bonchev–Trinajstić information content (AvgIpc) is 2.62. The van der Waals surface area contributed by atoms with Crippen molar-refractivity contribution in [3.05, 3.63) is 74.6 Å². The molecule has 8 heteroatoms. The van der Waals surface area contributed by atoms with E-state index in [4.69, 9.17) is 32.4 Å². The summed E-state index contributed by atoms with van der Waals surface area (Å²) in [5.41, 5.74) is -0.585. The monoisotopic (exact) mass is 391 g/mol. The van der Waals surface area contributed by atoms with E-state index in [1.54, 1.807) is 42.5 Å². The number of esters is 1. The molecule has 0 saturated carbocycles. The first-order chi connectivity index (χ1) is 12.5. The van der Waals surface area contributed by atoms with E-state index < -0.39 is 24.1 Å². The van der Waals surface area contributed by atoms with Crippen LogP contribution < -0.4 is 10.9 Å². The highest BCUT2D eigenvalue weighted by molar-refractivity contribution is 6.39. The largest absolute Gasteiger partial charge is 0.452 e. The summed E-state index contributed by atoms with van der Waals surface area (Å²) in [5.74, 6) is -1.62. The molecule has 1 amide bonds. The van der Waals surface area contributed by atoms with Crippen molar-refractivity contribution in [2.45, 2.75) is 0 Å². The van der Waals surface area contributed by atoms with Crippen molar-refractivity contribution < 1.29 is 18.7 Å². The maximum absolute atomic E-state index is 12.1. The number of carbonyl (C=O) groups is 2. The van der Waals surface area contributed by atoms with E-state index in [0.717, 1.165) is 0 Å². The van der Waals surface area contributed by atoms with Crippen LogP contribution in [0.25, 0.3) is 11.0 Å². The highest BCUT2D eigenvalue weighted by Crippen LogP contribution is 2.29. The fourth-order valence-corrected chi connectivity index (χ4v) is 2.70. The van der Waals surface area contributed by atoms with E-state index in [9.17, 15) is 14.4 Å². The molecule has 3 rings (SSSR count). The van der Waals surface area contributed by atoms with Crippen LogP contribution in [0.3, 0.4) is 0 Å². The summed E-state index contributed by atoms with van der Waals surface area (Å²) in [6.45, 7) is -0.618. The molecule has 0 spiro atoms. The van der Waals surface area contributed by atoms with Gasteiger partial charge in [0.1, 0.15) is 11.1 Å². The van der Waals surface area contributed by atoms with Crippen LogP contribution in [-0.4, -0.2) is 18.5 Å². The Morgan fingerprint density at radius 1 is 1.04 bits per heavy atom. The first-order valence-corrected chi connectivity index (χ1v) is 8.15. The zero-order chi connectivity index (χ0) is 18.7. The van der Waals surface area contributed by atoms with E-state index >= 15 is 0 Å². The number of halogens is 2. The molecule has 0 unspecified atom stereocenters. The second-order valence-corrected chi connectivity index (χ2v) is 6.02. The van der Waals surface area contributed by atoms with Crippen molar-refractivity contribution in [1.29, 1.82) is 0 Å². The third kappa shape index (κ3) is 3.87. The van der Waals surface area contributed by atoms with E-state index in [-0.39, 0.29) is 21.3 Å². The summed E-state index contributed by atoms with van der Waals surface area (Å²) in [6, 6.07) is 12.8. The summed E-state index contributed by atoms with van der Waals surface area (Å²) in [7, 11) is 0. The Balaban J connectivity index is 1.70. The number of para-hydroxylation sites is 2. The van der Waals surface area contributed by atoms with Crippen molar-refractivity contribution in [3.63, 3.8) is 0 Å². The van der Waals surface area contributed by atoms with E-state index in [2.05, 4.69) is 5.32 Å². The van der Waals surface area contributed by atoms with Crippen LogP contribution in [0.1, 0.15) is 10.4 Å². The molecule has 0 atom stereocenters. The minimum absolute atomic E-state index is 0.210. The molecular formula is C18H11Cl2NO5. The van der Waals surface area contributed by atoms with Crippen LogP contribution in [0.5, 0.6) is 0 Å². The number of ether oxygens (including phenoxy) is 1. The highest BCUT2D eigenvalue weighted by atomic mass is 35.5. The minimum Gasteiger partial charge on any atom is -0.452 e. The molecule has 0 saturated heterocycles. The molecule has 0 aliphatic heterocycles. The van der Waals surface area contributed by atoms with Crippen molar-refractivity contribution in [2.24, 2.45) is 0 Å². The van der Waals surface area contributed by atoms with Gasteiger partial charge in [-0.1, -0.05) is 47.5 Å². The Morgan fingerprint density at radius 2 is 1.73 bits per heavy atom. The van der Waals surface area contributed by atoms with Gasteiger partial charge in [-0.25, -0.2) is 9.59 Å². The lowest BCUT2D eigenvalue weighted by Crippen LogP contribution is -2.23. The molecule has 0 bridgehead atoms. The minimum atomic E-state index is -0.968. The maximum Gasteiger partial charge on any atom is 0.351 e. The molecule has 26 heavy (non-hydrogen) atoms. The fraction of sp³-hybridized carbons (Fsp3) is 0.0556. The summed E-state index contributed by atoms with van der Waals surface area (Å²) >= 11 is 11.9. The molecule has 0 radical (unpaired) electrons. The van der Waals surface area contributed by atoms with Crippen molar-refractivity contribution in [2.75, 3.05) is 11.9 Å². The molecule has 0 aliphatic rings. The summed E-state index contributed by atoms with van der Waals surface area (Å²) in [6.07, 6.45) is 0. The Morgan fingerprint density at radius 3 is 2.46 bits per heavy atom. The quantitative estimate of drug-likeness (QED) is 0.538. The Labute approximate surface area is 157 Å². The van der Waals surface area contributed by atoms with Crippen LogP contribution in [-0.2, 0) is 9.53 Å². The molecular weight excluding hydrogens is 381 g/mol. The lowest BCUT2D eigenvalue weighted by molar-refractivity contribution is -0.119. The normalized spacial score (nSPS) is 10.5. The number of benzene rings is 2. The van der Waals surface area contributed by atoms with E-state index in [1.165, 1.54) is 6.07 Å². The molecule has 1 N–H and O–H groups in total. The van der Waals surface area contributed by atoms with Gasteiger partial charge >= 0.3 is 11.6 Å². The van der Waals surface area contributed by atoms with Gasteiger partial charge in [0.25, 0.3) is 5.91 Å². The van der Waals surface area contributed by atoms with Crippen LogP contribution in [0.4, 0.5) is 5.69 Å². The molecule has 132 valence electrons. The van der Waals surface area contributed by atoms with E-state index in [0.29, 0.717) is 11.0 Å². The molecule has 6 nitrogen and oxygen atoms in total. The van der Waals surface area contributed by atoms with Crippen LogP contribution in [0.2, 0.25) is 10.0 Å². The molecule has 0 aliphatic carbocycles. The topological polar surface area (TPSA) is 85.6 Å². The Kier molecular flexibility index (Phi) is 5.25. The maximum atomic E-state index is 12.1. The molecule has 2 aromatic carbocycles. The number of nitrogens with one attached hydrogen (secondary N) is 1. The Hall–Kier alpha value is -2.83. The van der Waals surface area contributed by atoms with Crippen molar-refractivity contribution in [3.8, 4) is 0 Å². The third-order valence-corrected chi connectivity index (χ3v) is 4.05. The molecule has 1 aromatic heterocycles. The third-order valence-electron chi connectivity index (χ3n) is 3.42. The summed E-state index contributed by atoms with van der Waals surface area (Å²) in [5, 5.41) is 3.50. The van der Waals surface area contributed by atoms with Gasteiger partial charge in [-0.2, -0.15) is 0 Å². The SMILES string of the molecule is O=C(COC(=O)c1cc2ccccc2oc1=O)Nc1c(Cl)cccc1Cl. The van der Waals surface area contributed by atoms with Gasteiger partial charge in [0, 0.05) is 5.39 Å². The number of anilines is 1. The fourth-order valence-electron chi connectivity index (χ4n) is 2.21. The lowest BCUT2D eigenvalue weighted by atomic mass is 10.2. The molecule has 1 heterocycles. The second-order valence-electron chi connectivity index (χ2n) is 5.21. The summed E-state index contributed by atoms with van der Waals surface area (Å²) in [4.78, 5) is 35.9. The number of carbonyl (C=O) groups excluding carboxylic acids is 2. The average molecular weight is 392 g/mol. The molecule has 0 fully saturated rings. The van der Waals surface area contributed by atoms with Crippen LogP contribution in [0.15, 0.2) is 57.7 Å². The van der Waals surface area contributed by atoms with Gasteiger partial charge in [-0.15, -0.1) is 0 Å². The number of amides is 1. The first kappa shape index (κ1) is 18.0. The van der Waals surface area contributed by atoms with Crippen LogP contribution >= 0.6 is 23.2 Å². The van der Waals surface area contributed by atoms with Gasteiger partial charge < -0.3 is 14.5 Å². The lowest BCUT2D eigenvalue weighted by Gasteiger charge is -2.09. The predicted molar refractivity (Wildman–Crippen MR) is 97.9 cm³/mol. The van der Waals surface area contributed by atoms with Crippen molar-refractivity contribution in [1.82, 2.24) is 0 Å². The van der Waals surface area contributed by atoms with Gasteiger partial charge in [0.2, 0.25) is 0 Å². The smallest absolute Gasteiger partial charge is 0.351 e. The van der Waals surface area contributed by atoms with Crippen LogP contribution in [0, 0.1) is 0 Å². The zero-order valence-corrected chi connectivity index (χ0v) is 14.6. The number of rotatable bonds is 4. The first-order valence-electron chi connectivity index (χ1n) is 7.39. The standard InChI is InChI=1S/C18H11Cl2NO5/c19-12-5-3-6-13(20)16(12)21-15(22)9-25-17(23)11-8-10-4-1-2-7-14(10)26-18(11)24/h1-8H,9H2,(H,21,22). The van der Waals surface area contributed by atoms with Gasteiger partial charge in [-0.05, 0) is 24.3 Å². The number of hydrogen-bond donors (Lipinski definition) is 1. The molecule has 3 aromatic rings. The number of fused-ring (bicyclic) bond motifs is 1. The summed E-state index contributed by atoms with van der Waals surface area (Å²) < 4.78 is 9.93. The highest BCUT2D eigenvalue weighted by Gasteiger charge is 2.17. The zero-order valence-electron chi connectivity index (χ0n) is 13.1. The van der Waals surface area contributed by atoms with Gasteiger partial charge in [0.05, 0.1) is 15.7 Å². The second kappa shape index (κ2) is 7.59. The van der Waals surface area contributed by atoms with Crippen molar-refractivity contribution >= 4 is 51.7 Å².